The van der Waals surface area contributed by atoms with Crippen molar-refractivity contribution in [3.8, 4) is 5.75 Å². The number of hydrogen-bond acceptors (Lipinski definition) is 3. The van der Waals surface area contributed by atoms with Crippen molar-refractivity contribution in [1.29, 1.82) is 0 Å². The van der Waals surface area contributed by atoms with E-state index < -0.39 is 0 Å². The number of ether oxygens (including phenoxy) is 1. The SMILES string of the molecule is CCOc1ccc(CN2CCCC2c2cccnc2)cc1Cl. The normalized spacial score (nSPS) is 18.5. The second kappa shape index (κ2) is 7.12. The van der Waals surface area contributed by atoms with Crippen LogP contribution in [-0.4, -0.2) is 23.0 Å². The Labute approximate surface area is 136 Å². The Kier molecular flexibility index (Phi) is 4.96. The summed E-state index contributed by atoms with van der Waals surface area (Å²) in [5, 5.41) is 0.691. The first-order valence-corrected chi connectivity index (χ1v) is 8.21. The van der Waals surface area contributed by atoms with Gasteiger partial charge in [0.15, 0.2) is 0 Å². The Balaban J connectivity index is 1.73. The van der Waals surface area contributed by atoms with Gasteiger partial charge in [0, 0.05) is 25.0 Å². The molecule has 1 aliphatic heterocycles. The van der Waals surface area contributed by atoms with Crippen LogP contribution >= 0.6 is 11.6 Å². The fraction of sp³-hybridized carbons (Fsp3) is 0.389. The van der Waals surface area contributed by atoms with E-state index in [1.165, 1.54) is 24.0 Å². The van der Waals surface area contributed by atoms with Gasteiger partial charge in [0.2, 0.25) is 0 Å². The molecule has 1 aromatic heterocycles. The van der Waals surface area contributed by atoms with Gasteiger partial charge in [-0.2, -0.15) is 0 Å². The van der Waals surface area contributed by atoms with Crippen LogP contribution in [0.1, 0.15) is 36.9 Å². The number of nitrogens with zero attached hydrogens (tertiary/aromatic N) is 2. The highest BCUT2D eigenvalue weighted by Gasteiger charge is 2.26. The summed E-state index contributed by atoms with van der Waals surface area (Å²) in [7, 11) is 0. The zero-order valence-corrected chi connectivity index (χ0v) is 13.6. The van der Waals surface area contributed by atoms with E-state index in [0.29, 0.717) is 17.7 Å². The molecule has 2 aromatic rings. The highest BCUT2D eigenvalue weighted by molar-refractivity contribution is 6.32. The monoisotopic (exact) mass is 316 g/mol. The predicted molar refractivity (Wildman–Crippen MR) is 89.2 cm³/mol. The van der Waals surface area contributed by atoms with Crippen molar-refractivity contribution in [3.05, 3.63) is 58.9 Å². The maximum absolute atomic E-state index is 6.29. The van der Waals surface area contributed by atoms with Crippen molar-refractivity contribution >= 4 is 11.6 Å². The van der Waals surface area contributed by atoms with E-state index in [1.54, 1.807) is 0 Å². The van der Waals surface area contributed by atoms with E-state index in [2.05, 4.69) is 22.0 Å². The Bertz CT molecular complexity index is 618. The lowest BCUT2D eigenvalue weighted by atomic mass is 10.1. The smallest absolute Gasteiger partial charge is 0.137 e. The topological polar surface area (TPSA) is 25.4 Å². The van der Waals surface area contributed by atoms with Crippen molar-refractivity contribution < 1.29 is 4.74 Å². The fourth-order valence-corrected chi connectivity index (χ4v) is 3.37. The number of benzene rings is 1. The molecule has 0 N–H and O–H groups in total. The Morgan fingerprint density at radius 2 is 2.27 bits per heavy atom. The minimum atomic E-state index is 0.457. The first-order chi connectivity index (χ1) is 10.8. The Morgan fingerprint density at radius 1 is 1.36 bits per heavy atom. The number of pyridine rings is 1. The standard InChI is InChI=1S/C18H21ClN2O/c1-2-22-18-8-7-14(11-16(18)19)13-21-10-4-6-17(21)15-5-3-9-20-12-15/h3,5,7-9,11-12,17H,2,4,6,10,13H2,1H3. The van der Waals surface area contributed by atoms with Crippen LogP contribution in [0.3, 0.4) is 0 Å². The van der Waals surface area contributed by atoms with Gasteiger partial charge in [-0.1, -0.05) is 23.7 Å². The van der Waals surface area contributed by atoms with Crippen LogP contribution < -0.4 is 4.74 Å². The highest BCUT2D eigenvalue weighted by atomic mass is 35.5. The zero-order valence-electron chi connectivity index (χ0n) is 12.8. The summed E-state index contributed by atoms with van der Waals surface area (Å²) < 4.78 is 5.50. The molecule has 116 valence electrons. The second-order valence-corrected chi connectivity index (χ2v) is 6.02. The number of likely N-dealkylation sites (tertiary alicyclic amines) is 1. The minimum Gasteiger partial charge on any atom is -0.492 e. The molecule has 0 amide bonds. The van der Waals surface area contributed by atoms with Crippen LogP contribution in [0.25, 0.3) is 0 Å². The molecule has 0 saturated carbocycles. The van der Waals surface area contributed by atoms with Gasteiger partial charge in [0.05, 0.1) is 11.6 Å². The molecule has 1 unspecified atom stereocenters. The number of halogens is 1. The Hall–Kier alpha value is -1.58. The van der Waals surface area contributed by atoms with Gasteiger partial charge in [-0.3, -0.25) is 9.88 Å². The van der Waals surface area contributed by atoms with Crippen LogP contribution in [0.4, 0.5) is 0 Å². The van der Waals surface area contributed by atoms with Crippen LogP contribution in [-0.2, 0) is 6.54 Å². The summed E-state index contributed by atoms with van der Waals surface area (Å²) >= 11 is 6.29. The second-order valence-electron chi connectivity index (χ2n) is 5.61. The molecule has 4 heteroatoms. The average molecular weight is 317 g/mol. The molecule has 1 saturated heterocycles. The van der Waals surface area contributed by atoms with Gasteiger partial charge < -0.3 is 4.74 Å². The van der Waals surface area contributed by atoms with Crippen molar-refractivity contribution in [3.63, 3.8) is 0 Å². The van der Waals surface area contributed by atoms with Crippen LogP contribution in [0.2, 0.25) is 5.02 Å². The summed E-state index contributed by atoms with van der Waals surface area (Å²) in [5.74, 6) is 0.762. The fourth-order valence-electron chi connectivity index (χ4n) is 3.12. The summed E-state index contributed by atoms with van der Waals surface area (Å²) in [5.41, 5.74) is 2.53. The van der Waals surface area contributed by atoms with Crippen LogP contribution in [0.15, 0.2) is 42.7 Å². The molecule has 0 bridgehead atoms. The van der Waals surface area contributed by atoms with E-state index >= 15 is 0 Å². The molecular weight excluding hydrogens is 296 g/mol. The quantitative estimate of drug-likeness (QED) is 0.813. The molecule has 1 aromatic carbocycles. The van der Waals surface area contributed by atoms with Crippen molar-refractivity contribution in [1.82, 2.24) is 9.88 Å². The molecule has 3 rings (SSSR count). The molecule has 0 spiro atoms. The number of aromatic nitrogens is 1. The van der Waals surface area contributed by atoms with Gasteiger partial charge in [0.25, 0.3) is 0 Å². The maximum Gasteiger partial charge on any atom is 0.137 e. The van der Waals surface area contributed by atoms with Gasteiger partial charge >= 0.3 is 0 Å². The summed E-state index contributed by atoms with van der Waals surface area (Å²) in [4.78, 5) is 6.76. The molecule has 1 aliphatic rings. The zero-order chi connectivity index (χ0) is 15.4. The summed E-state index contributed by atoms with van der Waals surface area (Å²) in [6.45, 7) is 4.62. The van der Waals surface area contributed by atoms with E-state index in [9.17, 15) is 0 Å². The van der Waals surface area contributed by atoms with E-state index in [4.69, 9.17) is 16.3 Å². The molecule has 2 heterocycles. The third-order valence-electron chi connectivity index (χ3n) is 4.11. The lowest BCUT2D eigenvalue weighted by Crippen LogP contribution is -2.22. The van der Waals surface area contributed by atoms with E-state index in [1.807, 2.05) is 37.5 Å². The van der Waals surface area contributed by atoms with E-state index in [-0.39, 0.29) is 0 Å². The largest absolute Gasteiger partial charge is 0.492 e. The van der Waals surface area contributed by atoms with Gasteiger partial charge in [0.1, 0.15) is 5.75 Å². The lowest BCUT2D eigenvalue weighted by Gasteiger charge is -2.24. The molecule has 0 radical (unpaired) electrons. The highest BCUT2D eigenvalue weighted by Crippen LogP contribution is 2.33. The third-order valence-corrected chi connectivity index (χ3v) is 4.41. The summed E-state index contributed by atoms with van der Waals surface area (Å²) in [6.07, 6.45) is 6.23. The van der Waals surface area contributed by atoms with Crippen molar-refractivity contribution in [2.45, 2.75) is 32.4 Å². The third kappa shape index (κ3) is 3.42. The Morgan fingerprint density at radius 3 is 3.00 bits per heavy atom. The molecule has 0 aliphatic carbocycles. The van der Waals surface area contributed by atoms with E-state index in [0.717, 1.165) is 18.8 Å². The van der Waals surface area contributed by atoms with Crippen molar-refractivity contribution in [2.24, 2.45) is 0 Å². The van der Waals surface area contributed by atoms with Gasteiger partial charge in [-0.25, -0.2) is 0 Å². The minimum absolute atomic E-state index is 0.457. The van der Waals surface area contributed by atoms with Crippen LogP contribution in [0.5, 0.6) is 5.75 Å². The number of rotatable bonds is 5. The molecule has 3 nitrogen and oxygen atoms in total. The predicted octanol–water partition coefficient (Wildman–Crippen LogP) is 4.47. The van der Waals surface area contributed by atoms with Gasteiger partial charge in [-0.15, -0.1) is 0 Å². The van der Waals surface area contributed by atoms with Crippen LogP contribution in [0, 0.1) is 0 Å². The molecule has 1 fully saturated rings. The first-order valence-electron chi connectivity index (χ1n) is 7.83. The van der Waals surface area contributed by atoms with Gasteiger partial charge in [-0.05, 0) is 55.6 Å². The van der Waals surface area contributed by atoms with Crippen molar-refractivity contribution in [2.75, 3.05) is 13.2 Å². The number of hydrogen-bond donors (Lipinski definition) is 0. The maximum atomic E-state index is 6.29. The molecule has 22 heavy (non-hydrogen) atoms. The molecule has 1 atom stereocenters. The average Bonchev–Trinajstić information content (AvgIpc) is 2.99. The molecular formula is C18H21ClN2O. The summed E-state index contributed by atoms with van der Waals surface area (Å²) in [6, 6.07) is 10.7. The lowest BCUT2D eigenvalue weighted by molar-refractivity contribution is 0.248. The first kappa shape index (κ1) is 15.3.